The molecule has 0 unspecified atom stereocenters. The van der Waals surface area contributed by atoms with Crippen molar-refractivity contribution >= 4 is 27.9 Å². The zero-order chi connectivity index (χ0) is 13.2. The van der Waals surface area contributed by atoms with Gasteiger partial charge in [0.1, 0.15) is 0 Å². The smallest absolute Gasteiger partial charge is 0.264 e. The van der Waals surface area contributed by atoms with Crippen molar-refractivity contribution in [2.24, 2.45) is 5.16 Å². The quantitative estimate of drug-likeness (QED) is 0.914. The third kappa shape index (κ3) is 2.60. The fourth-order valence-electron chi connectivity index (χ4n) is 1.96. The molecule has 6 nitrogen and oxygen atoms in total. The molecular formula is C12H14N4O2S. The molecule has 0 bridgehead atoms. The summed E-state index contributed by atoms with van der Waals surface area (Å²) < 4.78 is 1.99. The second-order valence-electron chi connectivity index (χ2n) is 4.49. The molecule has 1 amide bonds. The minimum atomic E-state index is -0.467. The zero-order valence-corrected chi connectivity index (χ0v) is 11.3. The van der Waals surface area contributed by atoms with Crippen LogP contribution in [0.1, 0.15) is 19.0 Å². The van der Waals surface area contributed by atoms with E-state index in [9.17, 15) is 4.79 Å². The van der Waals surface area contributed by atoms with Gasteiger partial charge in [-0.15, -0.1) is 11.3 Å². The van der Waals surface area contributed by atoms with E-state index in [1.165, 1.54) is 0 Å². The number of carbonyl (C=O) groups excluding carboxylic acids is 1. The Kier molecular flexibility index (Phi) is 3.20. The number of rotatable bonds is 4. The first-order valence-electron chi connectivity index (χ1n) is 6.10. The van der Waals surface area contributed by atoms with Gasteiger partial charge in [-0.25, -0.2) is 4.98 Å². The van der Waals surface area contributed by atoms with E-state index in [1.54, 1.807) is 11.3 Å². The van der Waals surface area contributed by atoms with E-state index in [0.29, 0.717) is 19.4 Å². The van der Waals surface area contributed by atoms with Gasteiger partial charge in [-0.1, -0.05) is 5.16 Å². The summed E-state index contributed by atoms with van der Waals surface area (Å²) in [6, 6.07) is 0. The minimum absolute atomic E-state index is 0.110. The predicted molar refractivity (Wildman–Crippen MR) is 72.4 cm³/mol. The summed E-state index contributed by atoms with van der Waals surface area (Å²) in [6.45, 7) is 2.41. The van der Waals surface area contributed by atoms with Gasteiger partial charge in [-0.2, -0.15) is 0 Å². The molecule has 19 heavy (non-hydrogen) atoms. The standard InChI is InChI=1S/C12H14N4O2S/c1-8-6-10(18-15-8)11(17)13-3-2-9-7-16-4-5-19-12(16)14-9/h4-5,7,10H,2-3,6H2,1H3,(H,13,17)/t10-/m1/s1. The maximum Gasteiger partial charge on any atom is 0.264 e. The molecule has 3 rings (SSSR count). The molecule has 0 radical (unpaired) electrons. The van der Waals surface area contributed by atoms with Crippen LogP contribution in [-0.2, 0) is 16.1 Å². The highest BCUT2D eigenvalue weighted by Gasteiger charge is 2.25. The van der Waals surface area contributed by atoms with Gasteiger partial charge in [0, 0.05) is 37.2 Å². The lowest BCUT2D eigenvalue weighted by Gasteiger charge is -2.08. The van der Waals surface area contributed by atoms with Gasteiger partial charge in [0.05, 0.1) is 11.4 Å². The van der Waals surface area contributed by atoms with E-state index in [1.807, 2.05) is 29.1 Å². The van der Waals surface area contributed by atoms with Crippen LogP contribution in [0.5, 0.6) is 0 Å². The van der Waals surface area contributed by atoms with Crippen molar-refractivity contribution in [3.63, 3.8) is 0 Å². The number of nitrogens with one attached hydrogen (secondary N) is 1. The Hall–Kier alpha value is -1.89. The lowest BCUT2D eigenvalue weighted by Crippen LogP contribution is -2.35. The van der Waals surface area contributed by atoms with Gasteiger partial charge in [0.15, 0.2) is 4.96 Å². The Morgan fingerprint density at radius 2 is 2.58 bits per heavy atom. The van der Waals surface area contributed by atoms with E-state index in [-0.39, 0.29) is 5.91 Å². The lowest BCUT2D eigenvalue weighted by atomic mass is 10.2. The van der Waals surface area contributed by atoms with Crippen LogP contribution in [0.4, 0.5) is 0 Å². The fourth-order valence-corrected chi connectivity index (χ4v) is 2.68. The van der Waals surface area contributed by atoms with Crippen LogP contribution in [0.25, 0.3) is 4.96 Å². The number of thiazole rings is 1. The largest absolute Gasteiger partial charge is 0.382 e. The highest BCUT2D eigenvalue weighted by Crippen LogP contribution is 2.12. The van der Waals surface area contributed by atoms with Crippen LogP contribution in [0.3, 0.4) is 0 Å². The maximum atomic E-state index is 11.8. The van der Waals surface area contributed by atoms with Crippen LogP contribution in [0, 0.1) is 0 Å². The average molecular weight is 278 g/mol. The van der Waals surface area contributed by atoms with Crippen molar-refractivity contribution < 1.29 is 9.63 Å². The number of fused-ring (bicyclic) bond motifs is 1. The number of amides is 1. The van der Waals surface area contributed by atoms with Crippen molar-refractivity contribution in [2.45, 2.75) is 25.9 Å². The van der Waals surface area contributed by atoms with E-state index in [4.69, 9.17) is 4.84 Å². The summed E-state index contributed by atoms with van der Waals surface area (Å²) in [7, 11) is 0. The summed E-state index contributed by atoms with van der Waals surface area (Å²) in [5, 5.41) is 8.61. The minimum Gasteiger partial charge on any atom is -0.382 e. The number of imidazole rings is 1. The van der Waals surface area contributed by atoms with Crippen molar-refractivity contribution in [1.29, 1.82) is 0 Å². The van der Waals surface area contributed by atoms with Gasteiger partial charge in [0.2, 0.25) is 6.10 Å². The Labute approximate surface area is 114 Å². The topological polar surface area (TPSA) is 68.0 Å². The summed E-state index contributed by atoms with van der Waals surface area (Å²) in [4.78, 5) is 22.2. The van der Waals surface area contributed by atoms with Gasteiger partial charge in [-0.3, -0.25) is 9.20 Å². The molecule has 1 N–H and O–H groups in total. The molecule has 1 atom stereocenters. The summed E-state index contributed by atoms with van der Waals surface area (Å²) in [5.41, 5.74) is 1.83. The summed E-state index contributed by atoms with van der Waals surface area (Å²) >= 11 is 1.60. The molecule has 0 aliphatic carbocycles. The van der Waals surface area contributed by atoms with Crippen molar-refractivity contribution in [3.05, 3.63) is 23.5 Å². The normalized spacial score (nSPS) is 18.4. The Morgan fingerprint density at radius 1 is 1.68 bits per heavy atom. The van der Waals surface area contributed by atoms with Crippen LogP contribution in [0.15, 0.2) is 22.9 Å². The van der Waals surface area contributed by atoms with Crippen LogP contribution in [-0.4, -0.2) is 33.7 Å². The van der Waals surface area contributed by atoms with Crippen molar-refractivity contribution in [1.82, 2.24) is 14.7 Å². The second kappa shape index (κ2) is 5.00. The molecule has 7 heteroatoms. The fraction of sp³-hybridized carbons (Fsp3) is 0.417. The van der Waals surface area contributed by atoms with Crippen LogP contribution in [0.2, 0.25) is 0 Å². The first-order valence-corrected chi connectivity index (χ1v) is 6.98. The Bertz CT molecular complexity index is 602. The molecular weight excluding hydrogens is 264 g/mol. The van der Waals surface area contributed by atoms with E-state index in [2.05, 4.69) is 15.5 Å². The molecule has 100 valence electrons. The first kappa shape index (κ1) is 12.2. The van der Waals surface area contributed by atoms with E-state index < -0.39 is 6.10 Å². The zero-order valence-electron chi connectivity index (χ0n) is 10.5. The maximum absolute atomic E-state index is 11.8. The number of hydrogen-bond acceptors (Lipinski definition) is 5. The average Bonchev–Trinajstić information content (AvgIpc) is 3.03. The van der Waals surface area contributed by atoms with Crippen LogP contribution < -0.4 is 5.32 Å². The number of hydrogen-bond donors (Lipinski definition) is 1. The third-order valence-corrected chi connectivity index (χ3v) is 3.70. The molecule has 0 fully saturated rings. The van der Waals surface area contributed by atoms with Gasteiger partial charge < -0.3 is 10.2 Å². The molecule has 1 aliphatic heterocycles. The lowest BCUT2D eigenvalue weighted by molar-refractivity contribution is -0.131. The number of carbonyl (C=O) groups is 1. The predicted octanol–water partition coefficient (Wildman–Crippen LogP) is 1.22. The number of oxime groups is 1. The van der Waals surface area contributed by atoms with Crippen molar-refractivity contribution in [3.8, 4) is 0 Å². The highest BCUT2D eigenvalue weighted by molar-refractivity contribution is 7.15. The Morgan fingerprint density at radius 3 is 3.32 bits per heavy atom. The number of nitrogens with zero attached hydrogens (tertiary/aromatic N) is 3. The first-order chi connectivity index (χ1) is 9.22. The SMILES string of the molecule is CC1=NO[C@@H](C(=O)NCCc2cn3ccsc3n2)C1. The molecule has 1 aliphatic rings. The monoisotopic (exact) mass is 278 g/mol. The molecule has 3 heterocycles. The number of aromatic nitrogens is 2. The van der Waals surface area contributed by atoms with Gasteiger partial charge >= 0.3 is 0 Å². The van der Waals surface area contributed by atoms with Gasteiger partial charge in [0.25, 0.3) is 5.91 Å². The second-order valence-corrected chi connectivity index (χ2v) is 5.36. The van der Waals surface area contributed by atoms with Crippen molar-refractivity contribution in [2.75, 3.05) is 6.54 Å². The highest BCUT2D eigenvalue weighted by atomic mass is 32.1. The molecule has 0 saturated carbocycles. The molecule has 0 saturated heterocycles. The molecule has 2 aromatic rings. The van der Waals surface area contributed by atoms with Gasteiger partial charge in [-0.05, 0) is 6.92 Å². The van der Waals surface area contributed by atoms with E-state index in [0.717, 1.165) is 16.4 Å². The molecule has 2 aromatic heterocycles. The molecule has 0 spiro atoms. The summed E-state index contributed by atoms with van der Waals surface area (Å²) in [6.07, 6.45) is 4.78. The third-order valence-electron chi connectivity index (χ3n) is 2.93. The summed E-state index contributed by atoms with van der Waals surface area (Å²) in [5.74, 6) is -0.110. The Balaban J connectivity index is 1.48. The van der Waals surface area contributed by atoms with Crippen LogP contribution >= 0.6 is 11.3 Å². The van der Waals surface area contributed by atoms with E-state index >= 15 is 0 Å². The molecule has 0 aromatic carbocycles.